The summed E-state index contributed by atoms with van der Waals surface area (Å²) in [4.78, 5) is 14.8. The summed E-state index contributed by atoms with van der Waals surface area (Å²) in [7, 11) is 0. The van der Waals surface area contributed by atoms with E-state index in [0.29, 0.717) is 12.6 Å². The highest BCUT2D eigenvalue weighted by Gasteiger charge is 2.31. The minimum Gasteiger partial charge on any atom is -0.462 e. The fraction of sp³-hybridized carbons (Fsp3) is 0.556. The zero-order chi connectivity index (χ0) is 9.54. The van der Waals surface area contributed by atoms with Crippen molar-refractivity contribution in [3.8, 4) is 6.01 Å². The van der Waals surface area contributed by atoms with Crippen LogP contribution in [0.4, 0.5) is 0 Å². The molecule has 0 aliphatic carbocycles. The highest BCUT2D eigenvalue weighted by molar-refractivity contribution is 5.02. The van der Waals surface area contributed by atoms with Crippen molar-refractivity contribution in [3.63, 3.8) is 0 Å². The summed E-state index contributed by atoms with van der Waals surface area (Å²) in [5.41, 5.74) is -0.269. The zero-order valence-electron chi connectivity index (χ0n) is 7.55. The van der Waals surface area contributed by atoms with Gasteiger partial charge in [-0.2, -0.15) is 4.98 Å². The molecule has 2 bridgehead atoms. The second-order valence-electron chi connectivity index (χ2n) is 3.56. The first kappa shape index (κ1) is 7.99. The van der Waals surface area contributed by atoms with Crippen LogP contribution < -0.4 is 10.3 Å². The van der Waals surface area contributed by atoms with Crippen molar-refractivity contribution >= 4 is 0 Å². The molecule has 0 amide bonds. The van der Waals surface area contributed by atoms with E-state index in [1.54, 1.807) is 10.8 Å². The summed E-state index contributed by atoms with van der Waals surface area (Å²) in [5.74, 6) is 0. The Kier molecular flexibility index (Phi) is 1.61. The van der Waals surface area contributed by atoms with Crippen molar-refractivity contribution < 1.29 is 9.47 Å². The van der Waals surface area contributed by atoms with Crippen molar-refractivity contribution in [2.24, 2.45) is 0 Å². The second kappa shape index (κ2) is 2.81. The molecule has 0 N–H and O–H groups in total. The number of fused-ring (bicyclic) bond motifs is 4. The molecule has 0 spiro atoms. The van der Waals surface area contributed by atoms with Gasteiger partial charge in [0.25, 0.3) is 5.56 Å². The van der Waals surface area contributed by atoms with E-state index in [1.165, 1.54) is 6.07 Å². The molecule has 5 heteroatoms. The smallest absolute Gasteiger partial charge is 0.301 e. The molecule has 74 valence electrons. The number of hydrogen-bond acceptors (Lipinski definition) is 4. The first-order valence-electron chi connectivity index (χ1n) is 4.70. The third-order valence-corrected chi connectivity index (χ3v) is 2.60. The minimum absolute atomic E-state index is 0.00870. The molecule has 0 radical (unpaired) electrons. The van der Waals surface area contributed by atoms with Crippen LogP contribution in [-0.2, 0) is 4.74 Å². The van der Waals surface area contributed by atoms with Gasteiger partial charge in [0.15, 0.2) is 0 Å². The molecule has 2 aliphatic rings. The standard InChI is InChI=1S/C9H10N2O3/c12-7-3-4-11-8-2-1-6(14-8)5-13-9(11)10-7/h3-4,6,8H,1-2,5H2. The Balaban J connectivity index is 2.11. The zero-order valence-corrected chi connectivity index (χ0v) is 7.55. The Labute approximate surface area is 80.3 Å². The van der Waals surface area contributed by atoms with Crippen LogP contribution in [0.5, 0.6) is 6.01 Å². The van der Waals surface area contributed by atoms with E-state index in [2.05, 4.69) is 4.98 Å². The summed E-state index contributed by atoms with van der Waals surface area (Å²) in [6, 6.07) is 1.80. The Morgan fingerprint density at radius 2 is 2.43 bits per heavy atom. The average molecular weight is 194 g/mol. The van der Waals surface area contributed by atoms with Crippen molar-refractivity contribution in [3.05, 3.63) is 22.6 Å². The predicted molar refractivity (Wildman–Crippen MR) is 47.1 cm³/mol. The highest BCUT2D eigenvalue weighted by Crippen LogP contribution is 2.32. The van der Waals surface area contributed by atoms with E-state index in [0.717, 1.165) is 12.8 Å². The van der Waals surface area contributed by atoms with E-state index < -0.39 is 0 Å². The minimum atomic E-state index is -0.269. The Morgan fingerprint density at radius 3 is 3.36 bits per heavy atom. The fourth-order valence-corrected chi connectivity index (χ4v) is 1.90. The fourth-order valence-electron chi connectivity index (χ4n) is 1.90. The summed E-state index contributed by atoms with van der Waals surface area (Å²) < 4.78 is 12.9. The van der Waals surface area contributed by atoms with Crippen LogP contribution >= 0.6 is 0 Å². The van der Waals surface area contributed by atoms with Crippen LogP contribution in [0.15, 0.2) is 17.1 Å². The van der Waals surface area contributed by atoms with Crippen molar-refractivity contribution in [2.45, 2.75) is 25.2 Å². The van der Waals surface area contributed by atoms with Gasteiger partial charge >= 0.3 is 6.01 Å². The third kappa shape index (κ3) is 1.13. The molecular formula is C9H10N2O3. The largest absolute Gasteiger partial charge is 0.462 e. The van der Waals surface area contributed by atoms with Gasteiger partial charge in [0.1, 0.15) is 12.8 Å². The van der Waals surface area contributed by atoms with E-state index in [-0.39, 0.29) is 17.9 Å². The molecule has 14 heavy (non-hydrogen) atoms. The third-order valence-electron chi connectivity index (χ3n) is 2.60. The Bertz CT molecular complexity index is 415. The maximum absolute atomic E-state index is 11.0. The summed E-state index contributed by atoms with van der Waals surface area (Å²) in [5, 5.41) is 0. The molecule has 2 atom stereocenters. The lowest BCUT2D eigenvalue weighted by Crippen LogP contribution is -2.18. The van der Waals surface area contributed by atoms with Crippen LogP contribution in [0.3, 0.4) is 0 Å². The van der Waals surface area contributed by atoms with Crippen LogP contribution in [-0.4, -0.2) is 22.3 Å². The number of hydrogen-bond donors (Lipinski definition) is 0. The normalized spacial score (nSPS) is 29.1. The molecule has 1 saturated heterocycles. The molecule has 0 aromatic carbocycles. The maximum Gasteiger partial charge on any atom is 0.301 e. The molecule has 1 aromatic rings. The van der Waals surface area contributed by atoms with E-state index in [1.807, 2.05) is 0 Å². The molecule has 3 heterocycles. The molecule has 2 aliphatic heterocycles. The van der Waals surface area contributed by atoms with Gasteiger partial charge in [0, 0.05) is 12.3 Å². The second-order valence-corrected chi connectivity index (χ2v) is 3.56. The van der Waals surface area contributed by atoms with E-state index in [9.17, 15) is 4.79 Å². The maximum atomic E-state index is 11.0. The van der Waals surface area contributed by atoms with Gasteiger partial charge in [0.2, 0.25) is 0 Å². The molecule has 3 rings (SSSR count). The van der Waals surface area contributed by atoms with Crippen LogP contribution in [0, 0.1) is 0 Å². The van der Waals surface area contributed by atoms with Crippen LogP contribution in [0.1, 0.15) is 19.1 Å². The van der Waals surface area contributed by atoms with E-state index in [4.69, 9.17) is 9.47 Å². The average Bonchev–Trinajstić information content (AvgIpc) is 2.54. The van der Waals surface area contributed by atoms with Crippen molar-refractivity contribution in [1.29, 1.82) is 0 Å². The van der Waals surface area contributed by atoms with Gasteiger partial charge in [-0.05, 0) is 12.8 Å². The lowest BCUT2D eigenvalue weighted by Gasteiger charge is -2.14. The van der Waals surface area contributed by atoms with Crippen molar-refractivity contribution in [2.75, 3.05) is 6.61 Å². The lowest BCUT2D eigenvalue weighted by molar-refractivity contribution is 0.00450. The molecule has 5 nitrogen and oxygen atoms in total. The highest BCUT2D eigenvalue weighted by atomic mass is 16.6. The van der Waals surface area contributed by atoms with Gasteiger partial charge in [-0.25, -0.2) is 0 Å². The Morgan fingerprint density at radius 1 is 1.50 bits per heavy atom. The Hall–Kier alpha value is -1.36. The van der Waals surface area contributed by atoms with Crippen molar-refractivity contribution in [1.82, 2.24) is 9.55 Å². The van der Waals surface area contributed by atoms with Gasteiger partial charge in [-0.3, -0.25) is 9.36 Å². The number of rotatable bonds is 0. The first-order chi connectivity index (χ1) is 6.83. The SMILES string of the molecule is O=c1ccn2c(n1)OCC1CCC2O1. The molecule has 0 saturated carbocycles. The molecule has 1 aromatic heterocycles. The summed E-state index contributed by atoms with van der Waals surface area (Å²) in [6.45, 7) is 0.493. The van der Waals surface area contributed by atoms with Crippen LogP contribution in [0.25, 0.3) is 0 Å². The molecular weight excluding hydrogens is 184 g/mol. The molecule has 1 fully saturated rings. The van der Waals surface area contributed by atoms with Gasteiger partial charge in [-0.1, -0.05) is 0 Å². The quantitative estimate of drug-likeness (QED) is 0.596. The van der Waals surface area contributed by atoms with Gasteiger partial charge < -0.3 is 9.47 Å². The van der Waals surface area contributed by atoms with E-state index >= 15 is 0 Å². The number of aromatic nitrogens is 2. The molecule has 2 unspecified atom stereocenters. The monoisotopic (exact) mass is 194 g/mol. The lowest BCUT2D eigenvalue weighted by atomic mass is 10.2. The van der Waals surface area contributed by atoms with Crippen LogP contribution in [0.2, 0.25) is 0 Å². The summed E-state index contributed by atoms with van der Waals surface area (Å²) in [6.07, 6.45) is 3.80. The first-order valence-corrected chi connectivity index (χ1v) is 4.70. The topological polar surface area (TPSA) is 53.4 Å². The number of nitrogens with zero attached hydrogens (tertiary/aromatic N) is 2. The van der Waals surface area contributed by atoms with Gasteiger partial charge in [0.05, 0.1) is 6.10 Å². The number of ether oxygens (including phenoxy) is 2. The predicted octanol–water partition coefficient (Wildman–Crippen LogP) is 0.313. The summed E-state index contributed by atoms with van der Waals surface area (Å²) >= 11 is 0. The van der Waals surface area contributed by atoms with Gasteiger partial charge in [-0.15, -0.1) is 0 Å².